The molecule has 6 heteroatoms. The van der Waals surface area contributed by atoms with E-state index in [1.807, 2.05) is 0 Å². The van der Waals surface area contributed by atoms with E-state index in [0.717, 1.165) is 12.8 Å². The lowest BCUT2D eigenvalue weighted by molar-refractivity contribution is -0.141. The second kappa shape index (κ2) is 4.35. The highest BCUT2D eigenvalue weighted by Crippen LogP contribution is 2.45. The van der Waals surface area contributed by atoms with Crippen LogP contribution in [-0.4, -0.2) is 44.0 Å². The molecule has 2 fully saturated rings. The molecule has 1 amide bonds. The predicted molar refractivity (Wildman–Crippen MR) is 67.4 cm³/mol. The fourth-order valence-electron chi connectivity index (χ4n) is 2.32. The molecule has 2 atom stereocenters. The minimum atomic E-state index is -0.912. The lowest BCUT2D eigenvalue weighted by atomic mass is 10.2. The Balaban J connectivity index is 1.88. The summed E-state index contributed by atoms with van der Waals surface area (Å²) >= 11 is 1.59. The SMILES string of the molecule is O=C(O)C1CSC(C2CC2)N1C(=O)c1ccc[nH]1. The molecule has 0 spiro atoms. The number of amides is 1. The van der Waals surface area contributed by atoms with Crippen LogP contribution in [0.25, 0.3) is 0 Å². The first-order valence-electron chi connectivity index (χ1n) is 5.99. The van der Waals surface area contributed by atoms with Gasteiger partial charge in [-0.1, -0.05) is 0 Å². The van der Waals surface area contributed by atoms with Gasteiger partial charge >= 0.3 is 5.97 Å². The molecule has 1 aliphatic heterocycles. The number of hydrogen-bond acceptors (Lipinski definition) is 3. The number of carboxylic acid groups (broad SMARTS) is 1. The van der Waals surface area contributed by atoms with Crippen molar-refractivity contribution in [1.82, 2.24) is 9.88 Å². The second-order valence-corrected chi connectivity index (χ2v) is 5.86. The van der Waals surface area contributed by atoms with Gasteiger partial charge in [0.2, 0.25) is 0 Å². The zero-order chi connectivity index (χ0) is 12.7. The number of aliphatic carboxylic acids is 1. The van der Waals surface area contributed by atoms with Crippen LogP contribution < -0.4 is 0 Å². The molecule has 2 unspecified atom stereocenters. The zero-order valence-corrected chi connectivity index (χ0v) is 10.5. The smallest absolute Gasteiger partial charge is 0.327 e. The summed E-state index contributed by atoms with van der Waals surface area (Å²) in [5.74, 6) is -0.152. The van der Waals surface area contributed by atoms with Crippen LogP contribution in [0.1, 0.15) is 23.3 Å². The molecule has 5 nitrogen and oxygen atoms in total. The van der Waals surface area contributed by atoms with E-state index in [-0.39, 0.29) is 11.3 Å². The number of H-pyrrole nitrogens is 1. The third-order valence-corrected chi connectivity index (χ3v) is 4.87. The van der Waals surface area contributed by atoms with Gasteiger partial charge in [-0.2, -0.15) is 0 Å². The third-order valence-electron chi connectivity index (χ3n) is 3.41. The first-order valence-corrected chi connectivity index (χ1v) is 7.04. The highest BCUT2D eigenvalue weighted by Gasteiger charge is 2.48. The van der Waals surface area contributed by atoms with Gasteiger partial charge in [0.05, 0.1) is 5.37 Å². The molecule has 1 saturated carbocycles. The van der Waals surface area contributed by atoms with Crippen molar-refractivity contribution in [2.45, 2.75) is 24.3 Å². The predicted octanol–water partition coefficient (Wildman–Crippen LogP) is 1.39. The van der Waals surface area contributed by atoms with E-state index in [1.165, 1.54) is 0 Å². The Morgan fingerprint density at radius 3 is 2.78 bits per heavy atom. The van der Waals surface area contributed by atoms with Crippen molar-refractivity contribution < 1.29 is 14.7 Å². The van der Waals surface area contributed by atoms with Crippen LogP contribution in [0.5, 0.6) is 0 Å². The Bertz CT molecular complexity index is 470. The van der Waals surface area contributed by atoms with E-state index in [4.69, 9.17) is 0 Å². The zero-order valence-electron chi connectivity index (χ0n) is 9.70. The number of carbonyl (C=O) groups excluding carboxylic acids is 1. The largest absolute Gasteiger partial charge is 0.480 e. The van der Waals surface area contributed by atoms with Crippen molar-refractivity contribution in [1.29, 1.82) is 0 Å². The van der Waals surface area contributed by atoms with Gasteiger partial charge in [0.15, 0.2) is 0 Å². The topological polar surface area (TPSA) is 73.4 Å². The highest BCUT2D eigenvalue weighted by molar-refractivity contribution is 8.00. The Hall–Kier alpha value is -1.43. The number of nitrogens with zero attached hydrogens (tertiary/aromatic N) is 1. The van der Waals surface area contributed by atoms with Crippen LogP contribution in [0.2, 0.25) is 0 Å². The molecule has 2 heterocycles. The fourth-order valence-corrected chi connectivity index (χ4v) is 3.95. The highest BCUT2D eigenvalue weighted by atomic mass is 32.2. The molecule has 1 aromatic heterocycles. The fraction of sp³-hybridized carbons (Fsp3) is 0.500. The number of aromatic amines is 1. The summed E-state index contributed by atoms with van der Waals surface area (Å²) in [5, 5.41) is 9.26. The number of hydrogen-bond donors (Lipinski definition) is 2. The molecule has 3 rings (SSSR count). The third kappa shape index (κ3) is 1.90. The van der Waals surface area contributed by atoms with Crippen molar-refractivity contribution in [3.8, 4) is 0 Å². The molecule has 0 aromatic carbocycles. The molecule has 1 saturated heterocycles. The van der Waals surface area contributed by atoms with Gasteiger partial charge in [0.1, 0.15) is 11.7 Å². The van der Waals surface area contributed by atoms with E-state index in [2.05, 4.69) is 4.98 Å². The quantitative estimate of drug-likeness (QED) is 0.867. The first-order chi connectivity index (χ1) is 8.68. The van der Waals surface area contributed by atoms with Gasteiger partial charge in [-0.15, -0.1) is 11.8 Å². The molecular formula is C12H14N2O3S. The Labute approximate surface area is 109 Å². The van der Waals surface area contributed by atoms with Crippen LogP contribution in [0.15, 0.2) is 18.3 Å². The molecule has 2 aliphatic rings. The van der Waals surface area contributed by atoms with Crippen LogP contribution in [-0.2, 0) is 4.79 Å². The van der Waals surface area contributed by atoms with E-state index < -0.39 is 12.0 Å². The van der Waals surface area contributed by atoms with Crippen LogP contribution in [0.4, 0.5) is 0 Å². The number of carboxylic acids is 1. The Morgan fingerprint density at radius 1 is 1.44 bits per heavy atom. The minimum absolute atomic E-state index is 0.0295. The van der Waals surface area contributed by atoms with E-state index >= 15 is 0 Å². The van der Waals surface area contributed by atoms with Crippen molar-refractivity contribution in [2.75, 3.05) is 5.75 Å². The number of carbonyl (C=O) groups is 2. The van der Waals surface area contributed by atoms with Crippen LogP contribution in [0.3, 0.4) is 0 Å². The average Bonchev–Trinajstić information content (AvgIpc) is 2.91. The molecular weight excluding hydrogens is 252 g/mol. The summed E-state index contributed by atoms with van der Waals surface area (Å²) in [6.07, 6.45) is 3.87. The van der Waals surface area contributed by atoms with E-state index in [0.29, 0.717) is 17.4 Å². The maximum absolute atomic E-state index is 12.4. The summed E-state index contributed by atoms with van der Waals surface area (Å²) in [4.78, 5) is 28.1. The van der Waals surface area contributed by atoms with Gasteiger partial charge in [-0.05, 0) is 30.9 Å². The van der Waals surface area contributed by atoms with Gasteiger partial charge in [0, 0.05) is 11.9 Å². The van der Waals surface area contributed by atoms with Gasteiger partial charge in [-0.25, -0.2) is 4.79 Å². The molecule has 2 N–H and O–H groups in total. The number of rotatable bonds is 3. The van der Waals surface area contributed by atoms with Crippen LogP contribution in [0, 0.1) is 5.92 Å². The maximum atomic E-state index is 12.4. The number of thioether (sulfide) groups is 1. The van der Waals surface area contributed by atoms with Crippen molar-refractivity contribution in [3.05, 3.63) is 24.0 Å². The molecule has 96 valence electrons. The standard InChI is InChI=1S/C12H14N2O3S/c15-10(8-2-1-5-13-8)14-9(12(16)17)6-18-11(14)7-3-4-7/h1-2,5,7,9,11,13H,3-4,6H2,(H,16,17). The van der Waals surface area contributed by atoms with Gasteiger partial charge < -0.3 is 15.0 Å². The van der Waals surface area contributed by atoms with Crippen molar-refractivity contribution >= 4 is 23.6 Å². The number of nitrogens with one attached hydrogen (secondary N) is 1. The lowest BCUT2D eigenvalue weighted by Crippen LogP contribution is -2.46. The monoisotopic (exact) mass is 266 g/mol. The summed E-state index contributed by atoms with van der Waals surface area (Å²) in [7, 11) is 0. The number of aromatic nitrogens is 1. The summed E-state index contributed by atoms with van der Waals surface area (Å²) in [6.45, 7) is 0. The maximum Gasteiger partial charge on any atom is 0.327 e. The molecule has 0 bridgehead atoms. The summed E-state index contributed by atoms with van der Waals surface area (Å²) in [6, 6.07) is 2.74. The molecule has 0 radical (unpaired) electrons. The minimum Gasteiger partial charge on any atom is -0.480 e. The van der Waals surface area contributed by atoms with Gasteiger partial charge in [0.25, 0.3) is 5.91 Å². The summed E-state index contributed by atoms with van der Waals surface area (Å²) in [5.41, 5.74) is 0.467. The average molecular weight is 266 g/mol. The van der Waals surface area contributed by atoms with Crippen LogP contribution >= 0.6 is 11.8 Å². The Kier molecular flexibility index (Phi) is 2.81. The summed E-state index contributed by atoms with van der Waals surface area (Å²) < 4.78 is 0. The molecule has 1 aromatic rings. The van der Waals surface area contributed by atoms with E-state index in [1.54, 1.807) is 35.0 Å². The molecule has 18 heavy (non-hydrogen) atoms. The Morgan fingerprint density at radius 2 is 2.22 bits per heavy atom. The van der Waals surface area contributed by atoms with E-state index in [9.17, 15) is 14.7 Å². The van der Waals surface area contributed by atoms with Crippen molar-refractivity contribution in [2.24, 2.45) is 5.92 Å². The molecule has 1 aliphatic carbocycles. The second-order valence-electron chi connectivity index (χ2n) is 4.71. The normalized spacial score (nSPS) is 27.4. The lowest BCUT2D eigenvalue weighted by Gasteiger charge is -2.26. The van der Waals surface area contributed by atoms with Crippen molar-refractivity contribution in [3.63, 3.8) is 0 Å². The van der Waals surface area contributed by atoms with Gasteiger partial charge in [-0.3, -0.25) is 4.79 Å². The first kappa shape index (κ1) is 11.6.